The average Bonchev–Trinajstić information content (AvgIpc) is 2.87. The Balaban J connectivity index is -0.00000102. The Morgan fingerprint density at radius 2 is 0.789 bits per heavy atom. The number of carbonyl (C=O) groups is 1. The first-order chi connectivity index (χ1) is 17.7. The molecule has 1 N–H and O–H groups in total. The SMILES string of the molecule is CCCCCCCC/C=C\CCCCCCC(CCCCCCCCCCCCCCCC)C(=O)O.[H-].[H-].[K+].[Na+]. The molecule has 1 unspecified atom stereocenters. The summed E-state index contributed by atoms with van der Waals surface area (Å²) in [7, 11) is 0. The third-order valence-corrected chi connectivity index (χ3v) is 7.82. The number of unbranched alkanes of at least 4 members (excludes halogenated alkanes) is 23. The zero-order valence-corrected chi connectivity index (χ0v) is 32.0. The number of carboxylic acid groups (broad SMARTS) is 1. The molecular weight excluding hydrogens is 502 g/mol. The average molecular weight is 571 g/mol. The predicted octanol–water partition coefficient (Wildman–Crippen LogP) is 6.44. The molecule has 0 aliphatic carbocycles. The van der Waals surface area contributed by atoms with Gasteiger partial charge in [0.2, 0.25) is 0 Å². The predicted molar refractivity (Wildman–Crippen MR) is 163 cm³/mol. The van der Waals surface area contributed by atoms with Crippen LogP contribution in [-0.2, 0) is 4.79 Å². The maximum atomic E-state index is 11.6. The maximum absolute atomic E-state index is 11.6. The Bertz CT molecular complexity index is 481. The first-order valence-corrected chi connectivity index (χ1v) is 16.6. The van der Waals surface area contributed by atoms with Crippen LogP contribution < -0.4 is 80.9 Å². The minimum absolute atomic E-state index is 0. The topological polar surface area (TPSA) is 37.3 Å². The summed E-state index contributed by atoms with van der Waals surface area (Å²) >= 11 is 0. The molecule has 0 spiro atoms. The third kappa shape index (κ3) is 35.9. The fourth-order valence-corrected chi connectivity index (χ4v) is 5.26. The van der Waals surface area contributed by atoms with Crippen LogP contribution in [0.1, 0.15) is 196 Å². The number of hydrogen-bond donors (Lipinski definition) is 1. The van der Waals surface area contributed by atoms with Crippen molar-refractivity contribution in [2.24, 2.45) is 5.92 Å². The second-order valence-electron chi connectivity index (χ2n) is 11.4. The van der Waals surface area contributed by atoms with E-state index in [1.54, 1.807) is 0 Å². The minimum atomic E-state index is -0.567. The van der Waals surface area contributed by atoms with Gasteiger partial charge in [0.05, 0.1) is 5.92 Å². The molecule has 2 nitrogen and oxygen atoms in total. The van der Waals surface area contributed by atoms with E-state index in [1.165, 1.54) is 154 Å². The standard InChI is InChI=1S/C34H66O2.K.Na.2H/c1-3-5-7-9-11-13-15-17-19-21-23-25-27-29-31-33(34(35)36)32-30-28-26-24-22-20-18-16-14-12-10-8-6-4-2;;;;/h17,19,33H,3-16,18,20-32H2,1-2H3,(H,35,36);;;;/q;2*+1;2*-1/b19-17-;;;;. The number of aliphatic carboxylic acids is 1. The normalized spacial score (nSPS) is 11.8. The molecule has 0 aromatic carbocycles. The van der Waals surface area contributed by atoms with Crippen LogP contribution in [0.4, 0.5) is 0 Å². The molecule has 0 bridgehead atoms. The second kappa shape index (κ2) is 38.8. The fourth-order valence-electron chi connectivity index (χ4n) is 5.26. The van der Waals surface area contributed by atoms with Crippen molar-refractivity contribution in [3.05, 3.63) is 12.2 Å². The second-order valence-corrected chi connectivity index (χ2v) is 11.4. The molecule has 0 saturated heterocycles. The van der Waals surface area contributed by atoms with Crippen molar-refractivity contribution < 1.29 is 93.7 Å². The summed E-state index contributed by atoms with van der Waals surface area (Å²) in [4.78, 5) is 11.6. The number of allylic oxidation sites excluding steroid dienone is 2. The van der Waals surface area contributed by atoms with E-state index in [4.69, 9.17) is 0 Å². The Morgan fingerprint density at radius 3 is 1.08 bits per heavy atom. The van der Waals surface area contributed by atoms with Gasteiger partial charge in [-0.2, -0.15) is 0 Å². The van der Waals surface area contributed by atoms with Crippen LogP contribution >= 0.6 is 0 Å². The largest absolute Gasteiger partial charge is 1.00 e. The Hall–Kier alpha value is 1.85. The van der Waals surface area contributed by atoms with E-state index < -0.39 is 5.97 Å². The van der Waals surface area contributed by atoms with Gasteiger partial charge in [0, 0.05) is 0 Å². The molecule has 0 aliphatic rings. The van der Waals surface area contributed by atoms with Crippen LogP contribution in [-0.4, -0.2) is 11.1 Å². The van der Waals surface area contributed by atoms with Crippen molar-refractivity contribution in [3.8, 4) is 0 Å². The zero-order valence-electron chi connectivity index (χ0n) is 28.9. The molecule has 0 aromatic heterocycles. The smallest absolute Gasteiger partial charge is 1.00 e. The van der Waals surface area contributed by atoms with Crippen LogP contribution in [0.5, 0.6) is 0 Å². The first kappa shape index (κ1) is 44.3. The van der Waals surface area contributed by atoms with Gasteiger partial charge in [0.25, 0.3) is 0 Å². The number of rotatable bonds is 30. The quantitative estimate of drug-likeness (QED) is 0.0613. The summed E-state index contributed by atoms with van der Waals surface area (Å²) in [5.74, 6) is -0.679. The molecule has 0 amide bonds. The summed E-state index contributed by atoms with van der Waals surface area (Å²) in [6, 6.07) is 0. The molecule has 0 aliphatic heterocycles. The van der Waals surface area contributed by atoms with E-state index in [-0.39, 0.29) is 89.7 Å². The van der Waals surface area contributed by atoms with Crippen molar-refractivity contribution in [3.63, 3.8) is 0 Å². The Labute approximate surface area is 307 Å². The van der Waals surface area contributed by atoms with E-state index in [0.29, 0.717) is 0 Å². The van der Waals surface area contributed by atoms with Gasteiger partial charge in [-0.15, -0.1) is 0 Å². The van der Waals surface area contributed by atoms with Gasteiger partial charge < -0.3 is 7.96 Å². The molecular formula is C34H68KNaO2. The van der Waals surface area contributed by atoms with Crippen LogP contribution in [0.2, 0.25) is 0 Å². The van der Waals surface area contributed by atoms with Crippen LogP contribution in [0.25, 0.3) is 0 Å². The molecule has 0 saturated carbocycles. The third-order valence-electron chi connectivity index (χ3n) is 7.82. The molecule has 0 fully saturated rings. The summed E-state index contributed by atoms with van der Waals surface area (Å²) in [6.07, 6.45) is 40.9. The van der Waals surface area contributed by atoms with Crippen molar-refractivity contribution in [2.75, 3.05) is 0 Å². The zero-order chi connectivity index (χ0) is 26.4. The summed E-state index contributed by atoms with van der Waals surface area (Å²) in [5, 5.41) is 9.57. The summed E-state index contributed by atoms with van der Waals surface area (Å²) < 4.78 is 0. The number of carboxylic acids is 1. The van der Waals surface area contributed by atoms with Gasteiger partial charge in [-0.3, -0.25) is 4.79 Å². The van der Waals surface area contributed by atoms with Gasteiger partial charge in [0.1, 0.15) is 0 Å². The number of hydrogen-bond acceptors (Lipinski definition) is 1. The van der Waals surface area contributed by atoms with Crippen LogP contribution in [0.3, 0.4) is 0 Å². The molecule has 0 heterocycles. The molecule has 0 rings (SSSR count). The minimum Gasteiger partial charge on any atom is -1.00 e. The van der Waals surface area contributed by atoms with Crippen molar-refractivity contribution in [1.82, 2.24) is 0 Å². The summed E-state index contributed by atoms with van der Waals surface area (Å²) in [5.41, 5.74) is 0. The van der Waals surface area contributed by atoms with E-state index in [0.717, 1.165) is 25.7 Å². The molecule has 218 valence electrons. The maximum Gasteiger partial charge on any atom is 1.00 e. The Morgan fingerprint density at radius 1 is 0.526 bits per heavy atom. The van der Waals surface area contributed by atoms with Gasteiger partial charge >= 0.3 is 86.9 Å². The monoisotopic (exact) mass is 570 g/mol. The Kier molecular flexibility index (Phi) is 45.3. The van der Waals surface area contributed by atoms with E-state index in [9.17, 15) is 9.90 Å². The van der Waals surface area contributed by atoms with Gasteiger partial charge in [-0.05, 0) is 38.5 Å². The van der Waals surface area contributed by atoms with Gasteiger partial charge in [0.15, 0.2) is 0 Å². The summed E-state index contributed by atoms with van der Waals surface area (Å²) in [6.45, 7) is 4.55. The van der Waals surface area contributed by atoms with Gasteiger partial charge in [-0.1, -0.05) is 167 Å². The van der Waals surface area contributed by atoms with Crippen LogP contribution in [0.15, 0.2) is 12.2 Å². The molecule has 4 heteroatoms. The van der Waals surface area contributed by atoms with Gasteiger partial charge in [-0.25, -0.2) is 0 Å². The van der Waals surface area contributed by atoms with Crippen molar-refractivity contribution in [2.45, 2.75) is 194 Å². The molecule has 0 aromatic rings. The molecule has 0 radical (unpaired) electrons. The fraction of sp³-hybridized carbons (Fsp3) is 0.912. The van der Waals surface area contributed by atoms with Crippen molar-refractivity contribution >= 4 is 5.97 Å². The van der Waals surface area contributed by atoms with Crippen molar-refractivity contribution in [1.29, 1.82) is 0 Å². The molecule has 38 heavy (non-hydrogen) atoms. The van der Waals surface area contributed by atoms with Crippen LogP contribution in [0, 0.1) is 5.92 Å². The molecule has 1 atom stereocenters. The first-order valence-electron chi connectivity index (χ1n) is 16.6. The van der Waals surface area contributed by atoms with E-state index in [2.05, 4.69) is 26.0 Å². The van der Waals surface area contributed by atoms with E-state index in [1.807, 2.05) is 0 Å². The van der Waals surface area contributed by atoms with E-state index >= 15 is 0 Å².